The number of fused-ring (bicyclic) bond motifs is 1. The molecule has 0 aromatic heterocycles. The summed E-state index contributed by atoms with van der Waals surface area (Å²) in [5.41, 5.74) is 5.94. The summed E-state index contributed by atoms with van der Waals surface area (Å²) in [7, 11) is -3.81. The largest absolute Gasteiger partial charge is 0.350 e. The van der Waals surface area contributed by atoms with Gasteiger partial charge in [0.15, 0.2) is 5.66 Å². The number of sulfonamides is 1. The Bertz CT molecular complexity index is 1690. The molecule has 6 N–H and O–H groups in total. The predicted molar refractivity (Wildman–Crippen MR) is 168 cm³/mol. The lowest BCUT2D eigenvalue weighted by Gasteiger charge is -2.34. The van der Waals surface area contributed by atoms with E-state index in [4.69, 9.17) is 5.73 Å². The Hall–Kier alpha value is -4.95. The van der Waals surface area contributed by atoms with Crippen molar-refractivity contribution in [3.63, 3.8) is 0 Å². The van der Waals surface area contributed by atoms with Crippen LogP contribution in [0.15, 0.2) is 78.9 Å². The fraction of sp³-hybridized carbons (Fsp3) is 0.267. The molecule has 0 aliphatic carbocycles. The van der Waals surface area contributed by atoms with Crippen LogP contribution in [0.4, 0.5) is 27.5 Å². The third-order valence-electron chi connectivity index (χ3n) is 6.38. The molecular weight excluding hydrogens is 586 g/mol. The summed E-state index contributed by atoms with van der Waals surface area (Å²) >= 11 is 0. The van der Waals surface area contributed by atoms with E-state index in [-0.39, 0.29) is 24.3 Å². The Morgan fingerprint density at radius 2 is 1.57 bits per heavy atom. The van der Waals surface area contributed by atoms with Gasteiger partial charge in [-0.25, -0.2) is 17.9 Å². The van der Waals surface area contributed by atoms with Crippen molar-refractivity contribution in [3.05, 3.63) is 84.4 Å². The number of nitrogens with one attached hydrogen (secondary N) is 4. The van der Waals surface area contributed by atoms with Crippen LogP contribution in [0.2, 0.25) is 0 Å². The van der Waals surface area contributed by atoms with Crippen LogP contribution in [0.3, 0.4) is 0 Å². The number of nitrogens with zero attached hydrogens (tertiary/aromatic N) is 2. The van der Waals surface area contributed by atoms with E-state index < -0.39 is 45.0 Å². The van der Waals surface area contributed by atoms with Crippen molar-refractivity contribution in [2.75, 3.05) is 34.5 Å². The molecule has 1 aliphatic rings. The second-order valence-corrected chi connectivity index (χ2v) is 13.2. The first kappa shape index (κ1) is 32.0. The van der Waals surface area contributed by atoms with Crippen LogP contribution in [0.5, 0.6) is 0 Å². The third-order valence-corrected chi connectivity index (χ3v) is 6.94. The number of urea groups is 1. The summed E-state index contributed by atoms with van der Waals surface area (Å²) in [6, 6.07) is 20.9. The number of hydrogen-bond donors (Lipinski definition) is 5. The van der Waals surface area contributed by atoms with Crippen molar-refractivity contribution in [2.24, 2.45) is 5.73 Å². The molecule has 232 valence electrons. The van der Waals surface area contributed by atoms with E-state index in [2.05, 4.69) is 16.0 Å². The van der Waals surface area contributed by atoms with Crippen molar-refractivity contribution in [1.29, 1.82) is 0 Å². The molecule has 0 bridgehead atoms. The summed E-state index contributed by atoms with van der Waals surface area (Å²) < 4.78 is 24.8. The first-order valence-corrected chi connectivity index (χ1v) is 15.5. The van der Waals surface area contributed by atoms with Crippen LogP contribution >= 0.6 is 0 Å². The molecular formula is C30H35N7O6S. The van der Waals surface area contributed by atoms with Crippen molar-refractivity contribution < 1.29 is 27.6 Å². The number of rotatable bonds is 7. The van der Waals surface area contributed by atoms with Gasteiger partial charge in [-0.3, -0.25) is 25.0 Å². The minimum Gasteiger partial charge on any atom is -0.350 e. The number of carbonyl (C=O) groups excluding carboxylic acids is 4. The van der Waals surface area contributed by atoms with E-state index in [1.165, 1.54) is 29.2 Å². The zero-order chi connectivity index (χ0) is 32.3. The highest BCUT2D eigenvalue weighted by atomic mass is 32.2. The normalized spacial score (nSPS) is 16.8. The maximum Gasteiger partial charge on any atom is 0.321 e. The summed E-state index contributed by atoms with van der Waals surface area (Å²) in [4.78, 5) is 55.9. The zero-order valence-corrected chi connectivity index (χ0v) is 25.6. The summed E-state index contributed by atoms with van der Waals surface area (Å²) in [6.45, 7) is 4.89. The smallest absolute Gasteiger partial charge is 0.321 e. The number of para-hydroxylation sites is 3. The molecule has 0 saturated carbocycles. The molecule has 0 spiro atoms. The molecule has 14 heteroatoms. The van der Waals surface area contributed by atoms with Gasteiger partial charge in [0.2, 0.25) is 15.9 Å². The van der Waals surface area contributed by atoms with E-state index in [0.717, 1.165) is 6.26 Å². The van der Waals surface area contributed by atoms with Crippen LogP contribution in [0.25, 0.3) is 0 Å². The average Bonchev–Trinajstić information content (AvgIpc) is 3.01. The number of amides is 5. The minimum atomic E-state index is -3.81. The molecule has 13 nitrogen and oxygen atoms in total. The Kier molecular flexibility index (Phi) is 8.97. The maximum atomic E-state index is 14.2. The Morgan fingerprint density at radius 3 is 2.20 bits per heavy atom. The van der Waals surface area contributed by atoms with E-state index in [1.54, 1.807) is 29.2 Å². The Morgan fingerprint density at radius 1 is 0.932 bits per heavy atom. The second-order valence-electron chi connectivity index (χ2n) is 11.4. The molecule has 5 amide bonds. The lowest BCUT2D eigenvalue weighted by Crippen LogP contribution is -2.70. The Balaban J connectivity index is 1.68. The highest BCUT2D eigenvalue weighted by Gasteiger charge is 2.46. The second kappa shape index (κ2) is 12.3. The van der Waals surface area contributed by atoms with Gasteiger partial charge < -0.3 is 20.9 Å². The summed E-state index contributed by atoms with van der Waals surface area (Å²) in [6.07, 6.45) is 0.845. The number of nitrogens with two attached hydrogens (primary N) is 1. The first-order chi connectivity index (χ1) is 20.5. The number of hydrogen-bond acceptors (Lipinski definition) is 8. The van der Waals surface area contributed by atoms with Crippen LogP contribution in [0, 0.1) is 0 Å². The van der Waals surface area contributed by atoms with Crippen LogP contribution < -0.4 is 36.2 Å². The first-order valence-electron chi connectivity index (χ1n) is 13.6. The van der Waals surface area contributed by atoms with Gasteiger partial charge >= 0.3 is 6.03 Å². The molecule has 1 atom stereocenters. The van der Waals surface area contributed by atoms with Crippen LogP contribution in [-0.4, -0.2) is 62.7 Å². The maximum absolute atomic E-state index is 14.2. The van der Waals surface area contributed by atoms with Gasteiger partial charge in [-0.05, 0) is 63.2 Å². The number of carbonyl (C=O) groups is 4. The fourth-order valence-electron chi connectivity index (χ4n) is 4.69. The monoisotopic (exact) mass is 621 g/mol. The third kappa shape index (κ3) is 7.90. The Labute approximate surface area is 255 Å². The molecule has 44 heavy (non-hydrogen) atoms. The van der Waals surface area contributed by atoms with Crippen molar-refractivity contribution in [1.82, 2.24) is 15.4 Å². The molecule has 3 aromatic rings. The van der Waals surface area contributed by atoms with Crippen molar-refractivity contribution >= 4 is 56.5 Å². The van der Waals surface area contributed by atoms with Gasteiger partial charge in [-0.1, -0.05) is 36.4 Å². The number of anilines is 4. The van der Waals surface area contributed by atoms with Gasteiger partial charge in [-0.2, -0.15) is 0 Å². The van der Waals surface area contributed by atoms with Gasteiger partial charge in [0.25, 0.3) is 11.8 Å². The highest BCUT2D eigenvalue weighted by Crippen LogP contribution is 2.38. The van der Waals surface area contributed by atoms with E-state index >= 15 is 0 Å². The van der Waals surface area contributed by atoms with Crippen molar-refractivity contribution in [2.45, 2.75) is 32.0 Å². The van der Waals surface area contributed by atoms with Gasteiger partial charge in [0.05, 0.1) is 24.2 Å². The molecule has 4 rings (SSSR count). The molecule has 0 fully saturated rings. The van der Waals surface area contributed by atoms with E-state index in [9.17, 15) is 27.6 Å². The lowest BCUT2D eigenvalue weighted by molar-refractivity contribution is -0.127. The predicted octanol–water partition coefficient (Wildman–Crippen LogP) is 2.25. The van der Waals surface area contributed by atoms with E-state index in [0.29, 0.717) is 17.1 Å². The summed E-state index contributed by atoms with van der Waals surface area (Å²) in [5, 5.41) is 7.97. The fourth-order valence-corrected chi connectivity index (χ4v) is 5.15. The molecule has 1 heterocycles. The molecule has 1 unspecified atom stereocenters. The van der Waals surface area contributed by atoms with Crippen LogP contribution in [-0.2, 0) is 19.6 Å². The molecule has 3 aromatic carbocycles. The van der Waals surface area contributed by atoms with Crippen LogP contribution in [0.1, 0.15) is 31.1 Å². The van der Waals surface area contributed by atoms with Gasteiger partial charge in [0.1, 0.15) is 6.54 Å². The molecule has 0 radical (unpaired) electrons. The van der Waals surface area contributed by atoms with Gasteiger partial charge in [0, 0.05) is 22.5 Å². The zero-order valence-electron chi connectivity index (χ0n) is 24.7. The van der Waals surface area contributed by atoms with Gasteiger partial charge in [-0.15, -0.1) is 0 Å². The summed E-state index contributed by atoms with van der Waals surface area (Å²) in [5.74, 6) is -2.04. The molecule has 0 saturated heterocycles. The average molecular weight is 622 g/mol. The minimum absolute atomic E-state index is 0.0250. The SMILES string of the molecule is CC(C)(C)NC(=O)CN1C(=O)C(N)(NC(=O)Nc2cccc(C(=O)NS(C)(=O)=O)c2)CN(c2ccccc2)c2ccccc21. The standard InChI is InChI=1S/C30H35N7O6S/c1-29(2,3)33-25(38)18-36-23-15-8-9-16-24(23)37(22-13-6-5-7-14-22)19-30(31,27(36)40)34-28(41)32-21-12-10-11-20(17-21)26(39)35-44(4,42)43/h5-17H,18-19,31H2,1-4H3,(H,33,38)(H,35,39)(H2,32,34,41). The highest BCUT2D eigenvalue weighted by molar-refractivity contribution is 7.89. The number of benzene rings is 3. The lowest BCUT2D eigenvalue weighted by atomic mass is 10.1. The van der Waals surface area contributed by atoms with Crippen molar-refractivity contribution in [3.8, 4) is 0 Å². The van der Waals surface area contributed by atoms with E-state index in [1.807, 2.05) is 55.8 Å². The topological polar surface area (TPSA) is 183 Å². The molecule has 1 aliphatic heterocycles. The quantitative estimate of drug-likeness (QED) is 0.249.